The summed E-state index contributed by atoms with van der Waals surface area (Å²) in [5.41, 5.74) is 0. The number of hydrogen-bond donors (Lipinski definition) is 2. The Morgan fingerprint density at radius 1 is 1.28 bits per heavy atom. The average molecular weight is 252 g/mol. The van der Waals surface area contributed by atoms with Crippen LogP contribution in [-0.2, 0) is 4.79 Å². The fraction of sp³-hybridized carbons (Fsp3) is 0.846. The lowest BCUT2D eigenvalue weighted by atomic mass is 9.79. The van der Waals surface area contributed by atoms with Gasteiger partial charge in [0.15, 0.2) is 0 Å². The highest BCUT2D eigenvalue weighted by Gasteiger charge is 2.44. The third-order valence-corrected chi connectivity index (χ3v) is 4.84. The molecule has 1 saturated heterocycles. The van der Waals surface area contributed by atoms with Crippen LogP contribution in [0, 0.1) is 11.8 Å². The van der Waals surface area contributed by atoms with Gasteiger partial charge in [-0.25, -0.2) is 4.79 Å². The molecule has 0 aromatic heterocycles. The third kappa shape index (κ3) is 1.95. The molecule has 0 aromatic rings. The van der Waals surface area contributed by atoms with Crippen LogP contribution in [0.1, 0.15) is 38.5 Å². The molecule has 2 saturated carbocycles. The van der Waals surface area contributed by atoms with Crippen LogP contribution in [0.4, 0.5) is 4.79 Å². The van der Waals surface area contributed by atoms with Gasteiger partial charge in [-0.15, -0.1) is 0 Å². The number of nitrogens with zero attached hydrogens (tertiary/aromatic N) is 1. The SMILES string of the molecule is O=C(O)C1CC(N2CC(C3CCCC3)NC2=O)C1. The lowest BCUT2D eigenvalue weighted by Gasteiger charge is -2.38. The molecule has 2 amide bonds. The van der Waals surface area contributed by atoms with Crippen molar-refractivity contribution >= 4 is 12.0 Å². The van der Waals surface area contributed by atoms with Crippen molar-refractivity contribution in [2.75, 3.05) is 6.54 Å². The van der Waals surface area contributed by atoms with E-state index in [-0.39, 0.29) is 18.0 Å². The fourth-order valence-corrected chi connectivity index (χ4v) is 3.57. The van der Waals surface area contributed by atoms with E-state index in [4.69, 9.17) is 5.11 Å². The van der Waals surface area contributed by atoms with Gasteiger partial charge in [0.25, 0.3) is 0 Å². The van der Waals surface area contributed by atoms with Crippen LogP contribution in [0.3, 0.4) is 0 Å². The highest BCUT2D eigenvalue weighted by molar-refractivity contribution is 5.78. The second-order valence-corrected chi connectivity index (χ2v) is 5.91. The Labute approximate surface area is 107 Å². The monoisotopic (exact) mass is 252 g/mol. The van der Waals surface area contributed by atoms with Crippen molar-refractivity contribution in [3.05, 3.63) is 0 Å². The number of hydrogen-bond acceptors (Lipinski definition) is 2. The van der Waals surface area contributed by atoms with Crippen LogP contribution in [0.2, 0.25) is 0 Å². The summed E-state index contributed by atoms with van der Waals surface area (Å²) in [6.45, 7) is 0.778. The Morgan fingerprint density at radius 3 is 2.56 bits per heavy atom. The summed E-state index contributed by atoms with van der Waals surface area (Å²) in [7, 11) is 0. The standard InChI is InChI=1S/C13H20N2O3/c16-12(17)9-5-10(6-9)15-7-11(14-13(15)18)8-3-1-2-4-8/h8-11H,1-7H2,(H,14,18)(H,16,17). The highest BCUT2D eigenvalue weighted by Crippen LogP contribution is 2.36. The molecule has 1 aliphatic heterocycles. The normalized spacial score (nSPS) is 36.6. The number of urea groups is 1. The Hall–Kier alpha value is -1.26. The fourth-order valence-electron chi connectivity index (χ4n) is 3.57. The molecule has 3 rings (SSSR count). The maximum atomic E-state index is 11.9. The average Bonchev–Trinajstić information content (AvgIpc) is 2.85. The van der Waals surface area contributed by atoms with E-state index in [1.54, 1.807) is 0 Å². The van der Waals surface area contributed by atoms with Crippen molar-refractivity contribution in [3.8, 4) is 0 Å². The zero-order valence-electron chi connectivity index (χ0n) is 10.5. The van der Waals surface area contributed by atoms with Gasteiger partial charge in [0.05, 0.1) is 12.0 Å². The summed E-state index contributed by atoms with van der Waals surface area (Å²) in [6, 6.07) is 0.460. The van der Waals surface area contributed by atoms with Crippen LogP contribution in [0.15, 0.2) is 0 Å². The molecule has 3 fully saturated rings. The molecular weight excluding hydrogens is 232 g/mol. The summed E-state index contributed by atoms with van der Waals surface area (Å²) in [5, 5.41) is 11.9. The summed E-state index contributed by atoms with van der Waals surface area (Å²) < 4.78 is 0. The van der Waals surface area contributed by atoms with Gasteiger partial charge in [-0.3, -0.25) is 4.79 Å². The molecule has 2 aliphatic carbocycles. The van der Waals surface area contributed by atoms with Crippen molar-refractivity contribution in [2.45, 2.75) is 50.6 Å². The largest absolute Gasteiger partial charge is 0.481 e. The van der Waals surface area contributed by atoms with Crippen molar-refractivity contribution in [2.24, 2.45) is 11.8 Å². The smallest absolute Gasteiger partial charge is 0.318 e. The van der Waals surface area contributed by atoms with Gasteiger partial charge in [-0.1, -0.05) is 12.8 Å². The summed E-state index contributed by atoms with van der Waals surface area (Å²) in [5.74, 6) is -0.333. The van der Waals surface area contributed by atoms with Gasteiger partial charge < -0.3 is 15.3 Å². The summed E-state index contributed by atoms with van der Waals surface area (Å²) in [4.78, 5) is 24.6. The molecule has 5 nitrogen and oxygen atoms in total. The second-order valence-electron chi connectivity index (χ2n) is 5.91. The predicted octanol–water partition coefficient (Wildman–Crippen LogP) is 1.43. The first kappa shape index (κ1) is 11.8. The molecule has 100 valence electrons. The van der Waals surface area contributed by atoms with E-state index in [2.05, 4.69) is 5.32 Å². The highest BCUT2D eigenvalue weighted by atomic mass is 16.4. The maximum absolute atomic E-state index is 11.9. The lowest BCUT2D eigenvalue weighted by Crippen LogP contribution is -2.48. The van der Waals surface area contributed by atoms with E-state index in [0.717, 1.165) is 6.54 Å². The number of carbonyl (C=O) groups excluding carboxylic acids is 1. The van der Waals surface area contributed by atoms with Crippen molar-refractivity contribution < 1.29 is 14.7 Å². The van der Waals surface area contributed by atoms with E-state index in [9.17, 15) is 9.59 Å². The molecule has 2 N–H and O–H groups in total. The number of carboxylic acids is 1. The molecule has 0 radical (unpaired) electrons. The second kappa shape index (κ2) is 4.44. The molecule has 3 aliphatic rings. The van der Waals surface area contributed by atoms with Crippen LogP contribution in [-0.4, -0.2) is 40.6 Å². The molecule has 1 heterocycles. The number of carboxylic acid groups (broad SMARTS) is 1. The van der Waals surface area contributed by atoms with Gasteiger partial charge in [0, 0.05) is 12.6 Å². The zero-order chi connectivity index (χ0) is 12.7. The number of rotatable bonds is 3. The molecule has 0 bridgehead atoms. The predicted molar refractivity (Wildman–Crippen MR) is 65.1 cm³/mol. The molecule has 1 atom stereocenters. The van der Waals surface area contributed by atoms with Gasteiger partial charge in [0.2, 0.25) is 0 Å². The Morgan fingerprint density at radius 2 is 1.94 bits per heavy atom. The molecular formula is C13H20N2O3. The summed E-state index contributed by atoms with van der Waals surface area (Å²) >= 11 is 0. The minimum atomic E-state index is -0.724. The Bertz CT molecular complexity index is 359. The van der Waals surface area contributed by atoms with Gasteiger partial charge in [-0.05, 0) is 31.6 Å². The lowest BCUT2D eigenvalue weighted by molar-refractivity contribution is -0.146. The number of nitrogens with one attached hydrogen (secondary N) is 1. The van der Waals surface area contributed by atoms with E-state index in [1.165, 1.54) is 25.7 Å². The van der Waals surface area contributed by atoms with E-state index >= 15 is 0 Å². The molecule has 0 spiro atoms. The number of carbonyl (C=O) groups is 2. The van der Waals surface area contributed by atoms with Crippen molar-refractivity contribution in [3.63, 3.8) is 0 Å². The van der Waals surface area contributed by atoms with Gasteiger partial charge >= 0.3 is 12.0 Å². The quantitative estimate of drug-likeness (QED) is 0.798. The van der Waals surface area contributed by atoms with Crippen LogP contribution < -0.4 is 5.32 Å². The van der Waals surface area contributed by atoms with E-state index in [1.807, 2.05) is 4.90 Å². The zero-order valence-corrected chi connectivity index (χ0v) is 10.5. The minimum absolute atomic E-state index is 0.0146. The number of amides is 2. The Balaban J connectivity index is 1.55. The molecule has 1 unspecified atom stereocenters. The first-order valence-electron chi connectivity index (χ1n) is 6.95. The minimum Gasteiger partial charge on any atom is -0.481 e. The van der Waals surface area contributed by atoms with E-state index in [0.29, 0.717) is 24.8 Å². The van der Waals surface area contributed by atoms with E-state index < -0.39 is 5.97 Å². The molecule has 18 heavy (non-hydrogen) atoms. The van der Waals surface area contributed by atoms with Crippen LogP contribution in [0.5, 0.6) is 0 Å². The molecule has 0 aromatic carbocycles. The first-order valence-corrected chi connectivity index (χ1v) is 6.95. The summed E-state index contributed by atoms with van der Waals surface area (Å²) in [6.07, 6.45) is 6.26. The topological polar surface area (TPSA) is 69.6 Å². The van der Waals surface area contributed by atoms with Gasteiger partial charge in [0.1, 0.15) is 0 Å². The van der Waals surface area contributed by atoms with Crippen LogP contribution >= 0.6 is 0 Å². The molecule has 5 heteroatoms. The van der Waals surface area contributed by atoms with Crippen molar-refractivity contribution in [1.82, 2.24) is 10.2 Å². The third-order valence-electron chi connectivity index (χ3n) is 4.84. The van der Waals surface area contributed by atoms with Gasteiger partial charge in [-0.2, -0.15) is 0 Å². The number of aliphatic carboxylic acids is 1. The maximum Gasteiger partial charge on any atom is 0.318 e. The van der Waals surface area contributed by atoms with Crippen molar-refractivity contribution in [1.29, 1.82) is 0 Å². The Kier molecular flexibility index (Phi) is 2.92. The van der Waals surface area contributed by atoms with Crippen LogP contribution in [0.25, 0.3) is 0 Å². The first-order chi connectivity index (χ1) is 8.65.